The number of para-hydroxylation sites is 1. The van der Waals surface area contributed by atoms with Gasteiger partial charge in [0.15, 0.2) is 0 Å². The molecule has 78 valence electrons. The summed E-state index contributed by atoms with van der Waals surface area (Å²) in [5, 5.41) is 3.43. The molecule has 1 aromatic carbocycles. The van der Waals surface area contributed by atoms with Gasteiger partial charge in [0.25, 0.3) is 0 Å². The molecule has 1 rings (SSSR count). The number of benzene rings is 1. The van der Waals surface area contributed by atoms with Gasteiger partial charge < -0.3 is 10.1 Å². The van der Waals surface area contributed by atoms with E-state index in [2.05, 4.69) is 32.2 Å². The molecule has 0 aliphatic rings. The number of hydrogen-bond donors (Lipinski definition) is 1. The van der Waals surface area contributed by atoms with Crippen LogP contribution in [0, 0.1) is 0 Å². The van der Waals surface area contributed by atoms with E-state index in [0.29, 0.717) is 0 Å². The second-order valence-corrected chi connectivity index (χ2v) is 4.42. The van der Waals surface area contributed by atoms with Gasteiger partial charge in [0.2, 0.25) is 0 Å². The van der Waals surface area contributed by atoms with Crippen molar-refractivity contribution >= 4 is 0 Å². The second-order valence-electron chi connectivity index (χ2n) is 4.42. The van der Waals surface area contributed by atoms with E-state index in [1.807, 2.05) is 18.2 Å². The summed E-state index contributed by atoms with van der Waals surface area (Å²) in [6.45, 7) is 7.31. The van der Waals surface area contributed by atoms with Crippen molar-refractivity contribution in [1.82, 2.24) is 5.32 Å². The summed E-state index contributed by atoms with van der Waals surface area (Å²) in [6.07, 6.45) is 0. The van der Waals surface area contributed by atoms with Crippen molar-refractivity contribution in [2.75, 3.05) is 7.11 Å². The predicted molar refractivity (Wildman–Crippen MR) is 59.6 cm³/mol. The van der Waals surface area contributed by atoms with Crippen molar-refractivity contribution in [1.29, 1.82) is 0 Å². The van der Waals surface area contributed by atoms with Gasteiger partial charge >= 0.3 is 0 Å². The summed E-state index contributed by atoms with van der Waals surface area (Å²) in [6, 6.07) is 8.08. The third-order valence-corrected chi connectivity index (χ3v) is 2.00. The highest BCUT2D eigenvalue weighted by atomic mass is 16.5. The third kappa shape index (κ3) is 3.38. The van der Waals surface area contributed by atoms with Gasteiger partial charge in [0.05, 0.1) is 7.11 Å². The average Bonchev–Trinajstić information content (AvgIpc) is 2.14. The fourth-order valence-electron chi connectivity index (χ4n) is 1.21. The van der Waals surface area contributed by atoms with Crippen LogP contribution in [0.5, 0.6) is 5.75 Å². The Morgan fingerprint density at radius 1 is 1.21 bits per heavy atom. The normalized spacial score (nSPS) is 11.4. The summed E-state index contributed by atoms with van der Waals surface area (Å²) in [4.78, 5) is 0. The van der Waals surface area contributed by atoms with Crippen LogP contribution in [-0.2, 0) is 6.54 Å². The van der Waals surface area contributed by atoms with Crippen LogP contribution in [0.1, 0.15) is 26.3 Å². The number of rotatable bonds is 3. The number of methoxy groups -OCH3 is 1. The Hall–Kier alpha value is -1.02. The molecule has 2 nitrogen and oxygen atoms in total. The quantitative estimate of drug-likeness (QED) is 0.796. The smallest absolute Gasteiger partial charge is 0.123 e. The van der Waals surface area contributed by atoms with Gasteiger partial charge in [-0.25, -0.2) is 0 Å². The number of ether oxygens (including phenoxy) is 1. The van der Waals surface area contributed by atoms with E-state index in [9.17, 15) is 0 Å². The summed E-state index contributed by atoms with van der Waals surface area (Å²) < 4.78 is 5.27. The largest absolute Gasteiger partial charge is 0.496 e. The first kappa shape index (κ1) is 11.1. The van der Waals surface area contributed by atoms with E-state index in [1.165, 1.54) is 5.56 Å². The van der Waals surface area contributed by atoms with Gasteiger partial charge in [-0.2, -0.15) is 0 Å². The average molecular weight is 193 g/mol. The molecule has 0 unspecified atom stereocenters. The maximum atomic E-state index is 5.27. The fourth-order valence-corrected chi connectivity index (χ4v) is 1.21. The van der Waals surface area contributed by atoms with E-state index in [0.717, 1.165) is 12.3 Å². The molecule has 14 heavy (non-hydrogen) atoms. The standard InChI is InChI=1S/C12H19NO/c1-12(2,3)13-9-10-7-5-6-8-11(10)14-4/h5-8,13H,9H2,1-4H3. The van der Waals surface area contributed by atoms with Crippen molar-refractivity contribution in [2.24, 2.45) is 0 Å². The molecule has 0 saturated heterocycles. The minimum Gasteiger partial charge on any atom is -0.496 e. The van der Waals surface area contributed by atoms with Crippen molar-refractivity contribution < 1.29 is 4.74 Å². The lowest BCUT2D eigenvalue weighted by molar-refractivity contribution is 0.392. The lowest BCUT2D eigenvalue weighted by Crippen LogP contribution is -2.35. The predicted octanol–water partition coefficient (Wildman–Crippen LogP) is 2.58. The van der Waals surface area contributed by atoms with Gasteiger partial charge in [-0.15, -0.1) is 0 Å². The summed E-state index contributed by atoms with van der Waals surface area (Å²) in [5.41, 5.74) is 1.34. The first-order valence-electron chi connectivity index (χ1n) is 4.90. The van der Waals surface area contributed by atoms with E-state index in [1.54, 1.807) is 7.11 Å². The van der Waals surface area contributed by atoms with Crippen LogP contribution >= 0.6 is 0 Å². The highest BCUT2D eigenvalue weighted by Crippen LogP contribution is 2.17. The Morgan fingerprint density at radius 3 is 2.43 bits per heavy atom. The molecule has 0 bridgehead atoms. The van der Waals surface area contributed by atoms with Crippen molar-refractivity contribution in [3.05, 3.63) is 29.8 Å². The molecule has 0 aliphatic heterocycles. The molecular weight excluding hydrogens is 174 g/mol. The topological polar surface area (TPSA) is 21.3 Å². The van der Waals surface area contributed by atoms with E-state index in [-0.39, 0.29) is 5.54 Å². The van der Waals surface area contributed by atoms with Gasteiger partial charge in [0.1, 0.15) is 5.75 Å². The Labute approximate surface area is 86.3 Å². The molecule has 0 spiro atoms. The second kappa shape index (κ2) is 4.47. The van der Waals surface area contributed by atoms with Crippen LogP contribution in [0.3, 0.4) is 0 Å². The van der Waals surface area contributed by atoms with Gasteiger partial charge in [-0.1, -0.05) is 18.2 Å². The lowest BCUT2D eigenvalue weighted by atomic mass is 10.1. The summed E-state index contributed by atoms with van der Waals surface area (Å²) in [5.74, 6) is 0.948. The molecule has 0 saturated carbocycles. The fraction of sp³-hybridized carbons (Fsp3) is 0.500. The Bertz CT molecular complexity index is 289. The third-order valence-electron chi connectivity index (χ3n) is 2.00. The minimum absolute atomic E-state index is 0.140. The maximum absolute atomic E-state index is 5.27. The van der Waals surface area contributed by atoms with E-state index in [4.69, 9.17) is 4.74 Å². The van der Waals surface area contributed by atoms with Gasteiger partial charge in [0, 0.05) is 17.6 Å². The van der Waals surface area contributed by atoms with Crippen LogP contribution < -0.4 is 10.1 Å². The summed E-state index contributed by atoms with van der Waals surface area (Å²) in [7, 11) is 1.70. The number of nitrogens with one attached hydrogen (secondary N) is 1. The monoisotopic (exact) mass is 193 g/mol. The molecule has 0 aliphatic carbocycles. The van der Waals surface area contributed by atoms with Crippen LogP contribution in [0.25, 0.3) is 0 Å². The van der Waals surface area contributed by atoms with Crippen LogP contribution in [-0.4, -0.2) is 12.6 Å². The molecule has 0 fully saturated rings. The van der Waals surface area contributed by atoms with Crippen LogP contribution in [0.4, 0.5) is 0 Å². The van der Waals surface area contributed by atoms with Crippen molar-refractivity contribution in [3.8, 4) is 5.75 Å². The minimum atomic E-state index is 0.140. The first-order valence-corrected chi connectivity index (χ1v) is 4.90. The van der Waals surface area contributed by atoms with Crippen molar-refractivity contribution in [2.45, 2.75) is 32.9 Å². The highest BCUT2D eigenvalue weighted by molar-refractivity contribution is 5.33. The Kier molecular flexibility index (Phi) is 3.53. The Morgan fingerprint density at radius 2 is 1.86 bits per heavy atom. The number of hydrogen-bond acceptors (Lipinski definition) is 2. The Balaban J connectivity index is 2.67. The molecule has 0 radical (unpaired) electrons. The van der Waals surface area contributed by atoms with E-state index >= 15 is 0 Å². The zero-order valence-electron chi connectivity index (χ0n) is 9.42. The van der Waals surface area contributed by atoms with Crippen molar-refractivity contribution in [3.63, 3.8) is 0 Å². The first-order chi connectivity index (χ1) is 6.53. The van der Waals surface area contributed by atoms with Gasteiger partial charge in [-0.05, 0) is 26.8 Å². The molecule has 2 heteroatoms. The molecule has 0 amide bonds. The zero-order chi connectivity index (χ0) is 10.6. The van der Waals surface area contributed by atoms with Gasteiger partial charge in [-0.3, -0.25) is 0 Å². The molecule has 1 N–H and O–H groups in total. The highest BCUT2D eigenvalue weighted by Gasteiger charge is 2.09. The lowest BCUT2D eigenvalue weighted by Gasteiger charge is -2.21. The van der Waals surface area contributed by atoms with Crippen LogP contribution in [0.2, 0.25) is 0 Å². The van der Waals surface area contributed by atoms with Crippen LogP contribution in [0.15, 0.2) is 24.3 Å². The summed E-state index contributed by atoms with van der Waals surface area (Å²) >= 11 is 0. The molecule has 1 aromatic rings. The molecular formula is C12H19NO. The maximum Gasteiger partial charge on any atom is 0.123 e. The SMILES string of the molecule is COc1ccccc1CNC(C)(C)C. The zero-order valence-corrected chi connectivity index (χ0v) is 9.42. The molecule has 0 aromatic heterocycles. The van der Waals surface area contributed by atoms with E-state index < -0.39 is 0 Å². The molecule has 0 atom stereocenters. The molecule has 0 heterocycles.